The Bertz CT molecular complexity index is 1200. The monoisotopic (exact) mass is 412 g/mol. The van der Waals surface area contributed by atoms with Gasteiger partial charge in [-0.05, 0) is 56.2 Å². The van der Waals surface area contributed by atoms with E-state index in [9.17, 15) is 0 Å². The molecule has 0 atom stereocenters. The van der Waals surface area contributed by atoms with Crippen LogP contribution >= 0.6 is 0 Å². The molecule has 0 spiro atoms. The van der Waals surface area contributed by atoms with Gasteiger partial charge in [0.15, 0.2) is 5.96 Å². The fraction of sp³-hybridized carbons (Fsp3) is 0.240. The molecule has 6 nitrogen and oxygen atoms in total. The number of hydrogen-bond acceptors (Lipinski definition) is 3. The average molecular weight is 413 g/mol. The van der Waals surface area contributed by atoms with Crippen molar-refractivity contribution in [2.75, 3.05) is 6.54 Å². The van der Waals surface area contributed by atoms with E-state index >= 15 is 0 Å². The van der Waals surface area contributed by atoms with Gasteiger partial charge in [0.25, 0.3) is 0 Å². The first kappa shape index (κ1) is 20.6. The van der Waals surface area contributed by atoms with Crippen LogP contribution in [0, 0.1) is 13.8 Å². The maximum Gasteiger partial charge on any atom is 0.191 e. The number of guanidine groups is 1. The predicted molar refractivity (Wildman–Crippen MR) is 126 cm³/mol. The molecule has 0 unspecified atom stereocenters. The molecule has 2 aromatic heterocycles. The van der Waals surface area contributed by atoms with Crippen LogP contribution in [0.5, 0.6) is 0 Å². The zero-order valence-corrected chi connectivity index (χ0v) is 18.3. The van der Waals surface area contributed by atoms with Crippen LogP contribution in [-0.2, 0) is 13.1 Å². The van der Waals surface area contributed by atoms with Crippen LogP contribution in [0.3, 0.4) is 0 Å². The highest BCUT2D eigenvalue weighted by Crippen LogP contribution is 2.18. The van der Waals surface area contributed by atoms with Crippen molar-refractivity contribution >= 4 is 16.9 Å². The molecule has 2 aromatic carbocycles. The minimum absolute atomic E-state index is 0.556. The number of pyridine rings is 1. The number of rotatable bonds is 6. The summed E-state index contributed by atoms with van der Waals surface area (Å²) in [4.78, 5) is 9.29. The van der Waals surface area contributed by atoms with Gasteiger partial charge in [0, 0.05) is 30.4 Å². The highest BCUT2D eigenvalue weighted by molar-refractivity contribution is 5.83. The van der Waals surface area contributed by atoms with E-state index in [-0.39, 0.29) is 0 Å². The van der Waals surface area contributed by atoms with Gasteiger partial charge in [0.1, 0.15) is 0 Å². The van der Waals surface area contributed by atoms with E-state index in [1.165, 1.54) is 5.56 Å². The molecule has 0 saturated heterocycles. The summed E-state index contributed by atoms with van der Waals surface area (Å²) in [5, 5.41) is 12.6. The van der Waals surface area contributed by atoms with Gasteiger partial charge in [-0.25, -0.2) is 9.67 Å². The topological polar surface area (TPSA) is 67.1 Å². The molecule has 31 heavy (non-hydrogen) atoms. The Labute approximate surface area is 183 Å². The first-order valence-corrected chi connectivity index (χ1v) is 10.6. The van der Waals surface area contributed by atoms with Crippen LogP contribution in [0.15, 0.2) is 71.9 Å². The Morgan fingerprint density at radius 3 is 2.58 bits per heavy atom. The number of para-hydroxylation sites is 2. The van der Waals surface area contributed by atoms with E-state index in [1.54, 1.807) is 0 Å². The second-order valence-electron chi connectivity index (χ2n) is 7.50. The van der Waals surface area contributed by atoms with Crippen molar-refractivity contribution in [2.24, 2.45) is 4.99 Å². The maximum atomic E-state index is 4.84. The first-order valence-electron chi connectivity index (χ1n) is 10.6. The lowest BCUT2D eigenvalue weighted by molar-refractivity contribution is 0.802. The predicted octanol–water partition coefficient (Wildman–Crippen LogP) is 4.29. The number of aryl methyl sites for hydroxylation is 2. The Hall–Kier alpha value is -3.67. The van der Waals surface area contributed by atoms with Gasteiger partial charge in [-0.2, -0.15) is 5.10 Å². The quantitative estimate of drug-likeness (QED) is 0.366. The molecule has 2 heterocycles. The van der Waals surface area contributed by atoms with E-state index < -0.39 is 0 Å². The van der Waals surface area contributed by atoms with Gasteiger partial charge in [0.2, 0.25) is 0 Å². The van der Waals surface area contributed by atoms with E-state index in [2.05, 4.69) is 64.9 Å². The van der Waals surface area contributed by atoms with E-state index in [0.29, 0.717) is 13.1 Å². The van der Waals surface area contributed by atoms with Gasteiger partial charge in [-0.3, -0.25) is 4.98 Å². The van der Waals surface area contributed by atoms with Crippen molar-refractivity contribution < 1.29 is 0 Å². The number of nitrogens with one attached hydrogen (secondary N) is 2. The normalized spacial score (nSPS) is 11.6. The minimum Gasteiger partial charge on any atom is -0.357 e. The van der Waals surface area contributed by atoms with Crippen molar-refractivity contribution in [3.63, 3.8) is 0 Å². The third-order valence-corrected chi connectivity index (χ3v) is 5.17. The molecule has 0 aliphatic heterocycles. The van der Waals surface area contributed by atoms with Crippen molar-refractivity contribution in [3.05, 3.63) is 89.4 Å². The molecule has 158 valence electrons. The Balaban J connectivity index is 1.54. The highest BCUT2D eigenvalue weighted by Gasteiger charge is 2.09. The molecule has 0 fully saturated rings. The number of fused-ring (bicyclic) bond motifs is 1. The third-order valence-electron chi connectivity index (χ3n) is 5.17. The number of aromatic nitrogens is 3. The number of hydrogen-bond donors (Lipinski definition) is 2. The van der Waals surface area contributed by atoms with E-state index in [1.807, 2.05) is 48.1 Å². The smallest absolute Gasteiger partial charge is 0.191 e. The molecule has 0 radical (unpaired) electrons. The van der Waals surface area contributed by atoms with Gasteiger partial charge < -0.3 is 10.6 Å². The highest BCUT2D eigenvalue weighted by atomic mass is 15.3. The van der Waals surface area contributed by atoms with Crippen molar-refractivity contribution in [3.8, 4) is 5.69 Å². The van der Waals surface area contributed by atoms with Crippen LogP contribution in [0.4, 0.5) is 0 Å². The van der Waals surface area contributed by atoms with Gasteiger partial charge >= 0.3 is 0 Å². The Kier molecular flexibility index (Phi) is 6.26. The summed E-state index contributed by atoms with van der Waals surface area (Å²) in [6.45, 7) is 8.19. The maximum absolute atomic E-state index is 4.84. The molecule has 2 N–H and O–H groups in total. The summed E-state index contributed by atoms with van der Waals surface area (Å²) in [7, 11) is 0. The largest absolute Gasteiger partial charge is 0.357 e. The third kappa shape index (κ3) is 4.74. The molecular formula is C25H28N6. The lowest BCUT2D eigenvalue weighted by atomic mass is 10.1. The number of aliphatic imine (C=N–C) groups is 1. The zero-order valence-electron chi connectivity index (χ0n) is 18.3. The van der Waals surface area contributed by atoms with Gasteiger partial charge in [0.05, 0.1) is 23.4 Å². The molecular weight excluding hydrogens is 384 g/mol. The van der Waals surface area contributed by atoms with Crippen LogP contribution in [0.25, 0.3) is 16.6 Å². The fourth-order valence-corrected chi connectivity index (χ4v) is 3.72. The molecule has 6 heteroatoms. The van der Waals surface area contributed by atoms with E-state index in [4.69, 9.17) is 4.99 Å². The van der Waals surface area contributed by atoms with Crippen molar-refractivity contribution in [2.45, 2.75) is 33.9 Å². The molecule has 4 aromatic rings. The summed E-state index contributed by atoms with van der Waals surface area (Å²) in [5.41, 5.74) is 6.51. The second-order valence-corrected chi connectivity index (χ2v) is 7.50. The minimum atomic E-state index is 0.556. The lowest BCUT2D eigenvalue weighted by Crippen LogP contribution is -2.36. The van der Waals surface area contributed by atoms with Gasteiger partial charge in [-0.15, -0.1) is 0 Å². The fourth-order valence-electron chi connectivity index (χ4n) is 3.72. The average Bonchev–Trinajstić information content (AvgIpc) is 3.13. The Morgan fingerprint density at radius 1 is 0.968 bits per heavy atom. The first-order chi connectivity index (χ1) is 15.2. The lowest BCUT2D eigenvalue weighted by Gasteiger charge is -2.14. The molecule has 0 bridgehead atoms. The molecule has 0 aliphatic carbocycles. The number of nitrogens with zero attached hydrogens (tertiary/aromatic N) is 4. The summed E-state index contributed by atoms with van der Waals surface area (Å²) >= 11 is 0. The molecule has 4 rings (SSSR count). The van der Waals surface area contributed by atoms with Crippen molar-refractivity contribution in [1.82, 2.24) is 25.4 Å². The summed E-state index contributed by atoms with van der Waals surface area (Å²) in [6, 6.07) is 20.6. The number of benzene rings is 2. The standard InChI is InChI=1S/C25H28N6/c1-4-26-25(28-16-20-13-14-27-23-11-7-6-10-22(20)23)29-17-21-9-5-8-12-24(21)31-19(3)15-18(2)30-31/h5-15H,4,16-17H2,1-3H3,(H2,26,28,29). The zero-order chi connectivity index (χ0) is 21.6. The van der Waals surface area contributed by atoms with Crippen molar-refractivity contribution in [1.29, 1.82) is 0 Å². The van der Waals surface area contributed by atoms with Gasteiger partial charge in [-0.1, -0.05) is 36.4 Å². The summed E-state index contributed by atoms with van der Waals surface area (Å²) < 4.78 is 1.99. The van der Waals surface area contributed by atoms with Crippen LogP contribution in [0.1, 0.15) is 29.4 Å². The molecule has 0 saturated carbocycles. The summed E-state index contributed by atoms with van der Waals surface area (Å²) in [6.07, 6.45) is 1.86. The van der Waals surface area contributed by atoms with Crippen LogP contribution in [0.2, 0.25) is 0 Å². The molecule has 0 aliphatic rings. The Morgan fingerprint density at radius 2 is 1.77 bits per heavy atom. The summed E-state index contributed by atoms with van der Waals surface area (Å²) in [5.74, 6) is 0.784. The van der Waals surface area contributed by atoms with Crippen LogP contribution in [-0.4, -0.2) is 27.3 Å². The van der Waals surface area contributed by atoms with E-state index in [0.717, 1.165) is 46.0 Å². The molecule has 0 amide bonds. The SMILES string of the molecule is CCNC(=NCc1ccccc1-n1nc(C)cc1C)NCc1ccnc2ccccc12. The van der Waals surface area contributed by atoms with Crippen LogP contribution < -0.4 is 10.6 Å². The second kappa shape index (κ2) is 9.43.